The van der Waals surface area contributed by atoms with E-state index in [2.05, 4.69) is 10.6 Å². The zero-order valence-corrected chi connectivity index (χ0v) is 20.2. The molecule has 33 heavy (non-hydrogen) atoms. The fourth-order valence-electron chi connectivity index (χ4n) is 3.24. The Balaban J connectivity index is 1.81. The summed E-state index contributed by atoms with van der Waals surface area (Å²) >= 11 is 5.49. The zero-order chi connectivity index (χ0) is 23.8. The predicted octanol–water partition coefficient (Wildman–Crippen LogP) is 6.01. The summed E-state index contributed by atoms with van der Waals surface area (Å²) in [4.78, 5) is 0. The molecule has 0 heterocycles. The number of nitrogens with one attached hydrogen (secondary N) is 2. The fourth-order valence-corrected chi connectivity index (χ4v) is 3.47. The quantitative estimate of drug-likeness (QED) is 0.313. The molecular weight excluding hydrogens is 436 g/mol. The molecule has 0 atom stereocenters. The number of benzene rings is 3. The molecule has 0 spiro atoms. The van der Waals surface area contributed by atoms with E-state index in [-0.39, 0.29) is 0 Å². The number of ether oxygens (including phenoxy) is 4. The monoisotopic (exact) mass is 464 g/mol. The van der Waals surface area contributed by atoms with Crippen LogP contribution in [0.4, 0.5) is 11.4 Å². The molecule has 0 aliphatic rings. The van der Waals surface area contributed by atoms with Crippen LogP contribution in [0.25, 0.3) is 12.2 Å². The van der Waals surface area contributed by atoms with Gasteiger partial charge in [-0.2, -0.15) is 0 Å². The van der Waals surface area contributed by atoms with Crippen LogP contribution >= 0.6 is 12.2 Å². The fraction of sp³-hybridized carbons (Fsp3) is 0.192. The van der Waals surface area contributed by atoms with Crippen molar-refractivity contribution in [2.24, 2.45) is 0 Å². The minimum atomic E-state index is 0.475. The molecule has 0 bridgehead atoms. The minimum Gasteiger partial charge on any atom is -0.495 e. The lowest BCUT2D eigenvalue weighted by atomic mass is 10.1. The predicted molar refractivity (Wildman–Crippen MR) is 139 cm³/mol. The first-order chi connectivity index (χ1) is 16.0. The number of hydrogen-bond acceptors (Lipinski definition) is 5. The van der Waals surface area contributed by atoms with Crippen LogP contribution in [0.5, 0.6) is 23.0 Å². The summed E-state index contributed by atoms with van der Waals surface area (Å²) in [6, 6.07) is 17.6. The molecule has 0 radical (unpaired) electrons. The lowest BCUT2D eigenvalue weighted by Gasteiger charge is -2.14. The molecule has 0 aliphatic carbocycles. The number of thiocarbonyl (C=S) groups is 1. The smallest absolute Gasteiger partial charge is 0.203 e. The van der Waals surface area contributed by atoms with Gasteiger partial charge in [-0.05, 0) is 66.7 Å². The van der Waals surface area contributed by atoms with E-state index in [1.54, 1.807) is 28.4 Å². The minimum absolute atomic E-state index is 0.475. The summed E-state index contributed by atoms with van der Waals surface area (Å²) in [5.41, 5.74) is 4.73. The van der Waals surface area contributed by atoms with Gasteiger partial charge < -0.3 is 29.6 Å². The summed E-state index contributed by atoms with van der Waals surface area (Å²) in [5.74, 6) is 2.44. The molecule has 3 aromatic carbocycles. The van der Waals surface area contributed by atoms with Crippen LogP contribution in [0.1, 0.15) is 16.7 Å². The highest BCUT2D eigenvalue weighted by atomic mass is 32.1. The van der Waals surface area contributed by atoms with Gasteiger partial charge >= 0.3 is 0 Å². The molecule has 2 N–H and O–H groups in total. The van der Waals surface area contributed by atoms with Gasteiger partial charge in [-0.1, -0.05) is 35.9 Å². The van der Waals surface area contributed by atoms with Crippen LogP contribution in [0.2, 0.25) is 0 Å². The van der Waals surface area contributed by atoms with Crippen LogP contribution in [0.3, 0.4) is 0 Å². The van der Waals surface area contributed by atoms with Gasteiger partial charge in [0.2, 0.25) is 5.75 Å². The second-order valence-corrected chi connectivity index (χ2v) is 7.61. The highest BCUT2D eigenvalue weighted by Gasteiger charge is 2.12. The van der Waals surface area contributed by atoms with E-state index in [1.165, 1.54) is 5.56 Å². The van der Waals surface area contributed by atoms with Gasteiger partial charge in [-0.25, -0.2) is 0 Å². The van der Waals surface area contributed by atoms with E-state index in [9.17, 15) is 0 Å². The number of rotatable bonds is 8. The highest BCUT2D eigenvalue weighted by molar-refractivity contribution is 7.80. The van der Waals surface area contributed by atoms with Crippen molar-refractivity contribution in [3.63, 3.8) is 0 Å². The average Bonchev–Trinajstić information content (AvgIpc) is 2.83. The van der Waals surface area contributed by atoms with Gasteiger partial charge in [0.05, 0.1) is 34.1 Å². The van der Waals surface area contributed by atoms with Crippen LogP contribution in [-0.4, -0.2) is 33.6 Å². The summed E-state index contributed by atoms with van der Waals surface area (Å²) in [5, 5.41) is 6.88. The number of anilines is 2. The Hall–Kier alpha value is -3.71. The molecule has 3 rings (SSSR count). The standard InChI is InChI=1S/C26H28N2O4S/c1-17-6-11-20(12-7-17)27-26(33)28-21-14-18(10-13-22(21)29-2)8-9-19-15-23(30-3)25(32-5)24(16-19)31-4/h6-16H,1-5H3,(H2,27,28,33). The average molecular weight is 465 g/mol. The zero-order valence-electron chi connectivity index (χ0n) is 19.4. The molecule has 0 aliphatic heterocycles. The Morgan fingerprint density at radius 1 is 0.697 bits per heavy atom. The number of methoxy groups -OCH3 is 4. The van der Waals surface area contributed by atoms with E-state index in [4.69, 9.17) is 31.2 Å². The molecule has 0 saturated carbocycles. The Bertz CT molecular complexity index is 1120. The molecule has 0 unspecified atom stereocenters. The third-order valence-corrected chi connectivity index (χ3v) is 5.14. The maximum atomic E-state index is 5.50. The summed E-state index contributed by atoms with van der Waals surface area (Å²) in [7, 11) is 6.40. The topological polar surface area (TPSA) is 61.0 Å². The molecule has 0 amide bonds. The third kappa shape index (κ3) is 6.17. The molecule has 7 heteroatoms. The van der Waals surface area contributed by atoms with E-state index >= 15 is 0 Å². The molecule has 0 fully saturated rings. The molecule has 6 nitrogen and oxygen atoms in total. The Labute approximate surface area is 200 Å². The van der Waals surface area contributed by atoms with Crippen LogP contribution < -0.4 is 29.6 Å². The van der Waals surface area contributed by atoms with Crippen molar-refractivity contribution in [1.29, 1.82) is 0 Å². The van der Waals surface area contributed by atoms with Crippen molar-refractivity contribution in [2.75, 3.05) is 39.1 Å². The van der Waals surface area contributed by atoms with Gasteiger partial charge in [0.15, 0.2) is 16.6 Å². The number of aryl methyl sites for hydroxylation is 1. The van der Waals surface area contributed by atoms with Crippen molar-refractivity contribution in [2.45, 2.75) is 6.92 Å². The summed E-state index contributed by atoms with van der Waals surface area (Å²) in [6.07, 6.45) is 3.96. The van der Waals surface area contributed by atoms with E-state index < -0.39 is 0 Å². The van der Waals surface area contributed by atoms with Crippen molar-refractivity contribution in [3.8, 4) is 23.0 Å². The first-order valence-corrected chi connectivity index (χ1v) is 10.7. The number of hydrogen-bond donors (Lipinski definition) is 2. The molecule has 3 aromatic rings. The van der Waals surface area contributed by atoms with Crippen molar-refractivity contribution >= 4 is 40.9 Å². The second-order valence-electron chi connectivity index (χ2n) is 7.20. The molecule has 0 aromatic heterocycles. The first kappa shape index (κ1) is 23.9. The first-order valence-electron chi connectivity index (χ1n) is 10.3. The van der Waals surface area contributed by atoms with Crippen LogP contribution in [0, 0.1) is 6.92 Å². The largest absolute Gasteiger partial charge is 0.495 e. The lowest BCUT2D eigenvalue weighted by molar-refractivity contribution is 0.324. The third-order valence-electron chi connectivity index (χ3n) is 4.94. The van der Waals surface area contributed by atoms with E-state index in [0.717, 1.165) is 22.5 Å². The summed E-state index contributed by atoms with van der Waals surface area (Å²) in [6.45, 7) is 2.04. The molecule has 0 saturated heterocycles. The van der Waals surface area contributed by atoms with Gasteiger partial charge in [0, 0.05) is 5.69 Å². The Kier molecular flexibility index (Phi) is 8.16. The van der Waals surface area contributed by atoms with Gasteiger partial charge in [0.25, 0.3) is 0 Å². The maximum absolute atomic E-state index is 5.50. The van der Waals surface area contributed by atoms with E-state index in [0.29, 0.717) is 28.1 Å². The Morgan fingerprint density at radius 3 is 1.88 bits per heavy atom. The Morgan fingerprint density at radius 2 is 1.30 bits per heavy atom. The van der Waals surface area contributed by atoms with Crippen molar-refractivity contribution < 1.29 is 18.9 Å². The van der Waals surface area contributed by atoms with Crippen molar-refractivity contribution in [1.82, 2.24) is 0 Å². The molecule has 172 valence electrons. The SMILES string of the molecule is COc1ccc(C=Cc2cc(OC)c(OC)c(OC)c2)cc1NC(=S)Nc1ccc(C)cc1. The summed E-state index contributed by atoms with van der Waals surface area (Å²) < 4.78 is 21.7. The highest BCUT2D eigenvalue weighted by Crippen LogP contribution is 2.38. The lowest BCUT2D eigenvalue weighted by Crippen LogP contribution is -2.19. The van der Waals surface area contributed by atoms with Crippen LogP contribution in [-0.2, 0) is 0 Å². The second kappa shape index (κ2) is 11.2. The molecular formula is C26H28N2O4S. The van der Waals surface area contributed by atoms with Crippen molar-refractivity contribution in [3.05, 3.63) is 71.3 Å². The van der Waals surface area contributed by atoms with Gasteiger partial charge in [-0.3, -0.25) is 0 Å². The van der Waals surface area contributed by atoms with Gasteiger partial charge in [-0.15, -0.1) is 0 Å². The normalized spacial score (nSPS) is 10.6. The van der Waals surface area contributed by atoms with E-state index in [1.807, 2.05) is 73.7 Å². The van der Waals surface area contributed by atoms with Gasteiger partial charge in [0.1, 0.15) is 5.75 Å². The maximum Gasteiger partial charge on any atom is 0.203 e. The van der Waals surface area contributed by atoms with Crippen LogP contribution in [0.15, 0.2) is 54.6 Å².